The Morgan fingerprint density at radius 2 is 2.06 bits per heavy atom. The van der Waals surface area contributed by atoms with Crippen molar-refractivity contribution in [3.8, 4) is 0 Å². The molecule has 1 aliphatic carbocycles. The highest BCUT2D eigenvalue weighted by atomic mass is 32.2. The lowest BCUT2D eigenvalue weighted by atomic mass is 9.77. The van der Waals surface area contributed by atoms with Gasteiger partial charge in [0.05, 0.1) is 11.1 Å². The van der Waals surface area contributed by atoms with Gasteiger partial charge >= 0.3 is 0 Å². The van der Waals surface area contributed by atoms with Gasteiger partial charge in [-0.1, -0.05) is 24.6 Å². The van der Waals surface area contributed by atoms with Gasteiger partial charge in [-0.05, 0) is 70.0 Å². The van der Waals surface area contributed by atoms with E-state index in [1.54, 1.807) is 11.3 Å². The van der Waals surface area contributed by atoms with Crippen LogP contribution in [0.4, 0.5) is 0 Å². The minimum absolute atomic E-state index is 0.108. The van der Waals surface area contributed by atoms with E-state index in [1.165, 1.54) is 18.2 Å². The average molecular weight is 468 g/mol. The molecule has 0 atom stereocenters. The normalized spacial score (nSPS) is 15.1. The van der Waals surface area contributed by atoms with Gasteiger partial charge in [-0.2, -0.15) is 11.3 Å². The van der Waals surface area contributed by atoms with Crippen LogP contribution in [0.2, 0.25) is 0 Å². The first kappa shape index (κ1) is 22.4. The van der Waals surface area contributed by atoms with Crippen LogP contribution in [0, 0.1) is 0 Å². The van der Waals surface area contributed by atoms with Crippen molar-refractivity contribution in [2.45, 2.75) is 38.1 Å². The zero-order chi connectivity index (χ0) is 22.5. The molecule has 1 saturated carbocycles. The molecule has 0 saturated heterocycles. The summed E-state index contributed by atoms with van der Waals surface area (Å²) in [4.78, 5) is 39.5. The molecule has 2 amide bonds. The van der Waals surface area contributed by atoms with Crippen molar-refractivity contribution in [2.75, 3.05) is 5.75 Å². The van der Waals surface area contributed by atoms with Gasteiger partial charge in [0.25, 0.3) is 17.4 Å². The predicted molar refractivity (Wildman–Crippen MR) is 131 cm³/mol. The van der Waals surface area contributed by atoms with Crippen molar-refractivity contribution >= 4 is 45.8 Å². The SMILES string of the molecule is C1=CSCC1.NC(=O)c1cc2ccc(C3CCC3)c(C(=O)NCc3ccsc3)c2[nH]c1=O. The number of aromatic amines is 1. The number of primary amides is 1. The maximum absolute atomic E-state index is 13.0. The summed E-state index contributed by atoms with van der Waals surface area (Å²) in [7, 11) is 0. The Bertz CT molecular complexity index is 1210. The van der Waals surface area contributed by atoms with Gasteiger partial charge < -0.3 is 16.0 Å². The van der Waals surface area contributed by atoms with E-state index in [4.69, 9.17) is 5.73 Å². The number of hydrogen-bond acceptors (Lipinski definition) is 5. The molecular formula is C24H25N3O3S2. The second kappa shape index (κ2) is 10.2. The van der Waals surface area contributed by atoms with Gasteiger partial charge in [0, 0.05) is 12.3 Å². The van der Waals surface area contributed by atoms with E-state index in [-0.39, 0.29) is 11.5 Å². The van der Waals surface area contributed by atoms with E-state index in [1.807, 2.05) is 40.7 Å². The summed E-state index contributed by atoms with van der Waals surface area (Å²) in [6.45, 7) is 0.423. The largest absolute Gasteiger partial charge is 0.365 e. The van der Waals surface area contributed by atoms with Gasteiger partial charge in [-0.25, -0.2) is 0 Å². The molecule has 6 nitrogen and oxygen atoms in total. The summed E-state index contributed by atoms with van der Waals surface area (Å²) < 4.78 is 0. The number of nitrogens with one attached hydrogen (secondary N) is 2. The maximum atomic E-state index is 13.0. The van der Waals surface area contributed by atoms with E-state index in [9.17, 15) is 14.4 Å². The monoisotopic (exact) mass is 467 g/mol. The van der Waals surface area contributed by atoms with Crippen molar-refractivity contribution in [1.82, 2.24) is 10.3 Å². The third-order valence-corrected chi connectivity index (χ3v) is 7.31. The van der Waals surface area contributed by atoms with Crippen LogP contribution in [0.1, 0.15) is 63.4 Å². The summed E-state index contributed by atoms with van der Waals surface area (Å²) in [5.41, 5.74) is 7.51. The Balaban J connectivity index is 0.000000433. The van der Waals surface area contributed by atoms with Crippen LogP contribution in [0.5, 0.6) is 0 Å². The number of thioether (sulfide) groups is 1. The first-order valence-corrected chi connectivity index (χ1v) is 12.6. The fourth-order valence-corrected chi connectivity index (χ4v) is 5.13. The summed E-state index contributed by atoms with van der Waals surface area (Å²) in [6.07, 6.45) is 6.67. The molecule has 0 radical (unpaired) electrons. The van der Waals surface area contributed by atoms with E-state index in [0.29, 0.717) is 28.9 Å². The maximum Gasteiger partial charge on any atom is 0.261 e. The zero-order valence-electron chi connectivity index (χ0n) is 17.6. The van der Waals surface area contributed by atoms with Gasteiger partial charge in [0.1, 0.15) is 5.56 Å². The number of pyridine rings is 1. The lowest BCUT2D eigenvalue weighted by Crippen LogP contribution is -2.28. The van der Waals surface area contributed by atoms with Crippen LogP contribution in [0.3, 0.4) is 0 Å². The van der Waals surface area contributed by atoms with Crippen LogP contribution in [-0.2, 0) is 6.54 Å². The molecule has 0 spiro atoms. The number of aromatic nitrogens is 1. The molecule has 2 aliphatic rings. The number of amides is 2. The molecule has 3 heterocycles. The lowest BCUT2D eigenvalue weighted by molar-refractivity contribution is 0.0949. The molecular weight excluding hydrogens is 442 g/mol. The van der Waals surface area contributed by atoms with Crippen molar-refractivity contribution in [1.29, 1.82) is 0 Å². The van der Waals surface area contributed by atoms with Crippen molar-refractivity contribution in [3.05, 3.63) is 79.1 Å². The standard InChI is InChI=1S/C20H19N3O3S.C4H6S/c21-18(24)15-8-13-4-5-14(12-2-1-3-12)16(17(13)23-19(15)25)20(26)22-9-11-6-7-27-10-11;1-2-4-5-3-1/h4-8,10,12H,1-3,9H2,(H2,21,24)(H,22,26)(H,23,25);1,3H,2,4H2. The highest BCUT2D eigenvalue weighted by molar-refractivity contribution is 8.02. The molecule has 32 heavy (non-hydrogen) atoms. The first-order valence-electron chi connectivity index (χ1n) is 10.6. The number of H-pyrrole nitrogens is 1. The van der Waals surface area contributed by atoms with E-state index < -0.39 is 11.5 Å². The van der Waals surface area contributed by atoms with Crippen LogP contribution in [0.25, 0.3) is 10.9 Å². The minimum Gasteiger partial charge on any atom is -0.365 e. The van der Waals surface area contributed by atoms with E-state index in [0.717, 1.165) is 30.4 Å². The number of allylic oxidation sites excluding steroid dienone is 1. The van der Waals surface area contributed by atoms with Gasteiger partial charge in [-0.15, -0.1) is 11.8 Å². The van der Waals surface area contributed by atoms with Crippen molar-refractivity contribution < 1.29 is 9.59 Å². The Morgan fingerprint density at radius 3 is 2.62 bits per heavy atom. The number of nitrogens with two attached hydrogens (primary N) is 1. The average Bonchev–Trinajstić information content (AvgIpc) is 3.46. The number of hydrogen-bond donors (Lipinski definition) is 3. The van der Waals surface area contributed by atoms with Crippen molar-refractivity contribution in [2.24, 2.45) is 5.73 Å². The molecule has 166 valence electrons. The molecule has 3 aromatic rings. The summed E-state index contributed by atoms with van der Waals surface area (Å²) in [5, 5.41) is 9.66. The Morgan fingerprint density at radius 1 is 1.22 bits per heavy atom. The Labute approximate surface area is 194 Å². The second-order valence-electron chi connectivity index (χ2n) is 7.84. The first-order chi connectivity index (χ1) is 15.5. The molecule has 0 unspecified atom stereocenters. The van der Waals surface area contributed by atoms with Crippen molar-refractivity contribution in [3.63, 3.8) is 0 Å². The zero-order valence-corrected chi connectivity index (χ0v) is 19.2. The molecule has 5 rings (SSSR count). The molecule has 2 aromatic heterocycles. The smallest absolute Gasteiger partial charge is 0.261 e. The number of carbonyl (C=O) groups excluding carboxylic acids is 2. The predicted octanol–water partition coefficient (Wildman–Crippen LogP) is 4.52. The van der Waals surface area contributed by atoms with Gasteiger partial charge in [0.15, 0.2) is 0 Å². The van der Waals surface area contributed by atoms with E-state index in [2.05, 4.69) is 21.8 Å². The highest BCUT2D eigenvalue weighted by Gasteiger charge is 2.27. The van der Waals surface area contributed by atoms with Crippen LogP contribution in [0.15, 0.2) is 51.3 Å². The van der Waals surface area contributed by atoms with Crippen LogP contribution >= 0.6 is 23.1 Å². The molecule has 4 N–H and O–H groups in total. The third kappa shape index (κ3) is 4.97. The fraction of sp³-hybridized carbons (Fsp3) is 0.292. The molecule has 1 aromatic carbocycles. The number of benzene rings is 1. The third-order valence-electron chi connectivity index (χ3n) is 5.72. The van der Waals surface area contributed by atoms with Crippen LogP contribution < -0.4 is 16.6 Å². The number of carbonyl (C=O) groups is 2. The van der Waals surface area contributed by atoms with Crippen LogP contribution in [-0.4, -0.2) is 22.6 Å². The number of fused-ring (bicyclic) bond motifs is 1. The second-order valence-corrected chi connectivity index (χ2v) is 9.64. The number of thiophene rings is 1. The Kier molecular flexibility index (Phi) is 7.12. The molecule has 1 aliphatic heterocycles. The topological polar surface area (TPSA) is 105 Å². The van der Waals surface area contributed by atoms with E-state index >= 15 is 0 Å². The van der Waals surface area contributed by atoms with Gasteiger partial charge in [0.2, 0.25) is 0 Å². The summed E-state index contributed by atoms with van der Waals surface area (Å²) in [5.74, 6) is 0.608. The summed E-state index contributed by atoms with van der Waals surface area (Å²) in [6, 6.07) is 7.17. The lowest BCUT2D eigenvalue weighted by Gasteiger charge is -2.28. The highest BCUT2D eigenvalue weighted by Crippen LogP contribution is 2.39. The molecule has 8 heteroatoms. The molecule has 0 bridgehead atoms. The Hall–Kier alpha value is -2.84. The molecule has 1 fully saturated rings. The summed E-state index contributed by atoms with van der Waals surface area (Å²) >= 11 is 3.47. The fourth-order valence-electron chi connectivity index (χ4n) is 3.78. The quantitative estimate of drug-likeness (QED) is 0.513. The number of rotatable bonds is 5. The minimum atomic E-state index is -0.787. The van der Waals surface area contributed by atoms with Gasteiger partial charge in [-0.3, -0.25) is 14.4 Å².